The smallest absolute Gasteiger partial charge is 0.236 e. The van der Waals surface area contributed by atoms with Crippen LogP contribution in [0.15, 0.2) is 10.9 Å². The van der Waals surface area contributed by atoms with Crippen LogP contribution in [-0.4, -0.2) is 43.9 Å². The molecule has 0 aliphatic heterocycles. The van der Waals surface area contributed by atoms with E-state index in [0.717, 1.165) is 11.9 Å². The van der Waals surface area contributed by atoms with Crippen LogP contribution in [0.4, 0.5) is 0 Å². The van der Waals surface area contributed by atoms with E-state index in [4.69, 9.17) is 5.73 Å². The van der Waals surface area contributed by atoms with Crippen LogP contribution in [0.5, 0.6) is 0 Å². The van der Waals surface area contributed by atoms with Crippen LogP contribution in [0, 0.1) is 0 Å². The summed E-state index contributed by atoms with van der Waals surface area (Å²) in [6.45, 7) is 0.454. The monoisotopic (exact) mass is 291 g/mol. The second-order valence-electron chi connectivity index (χ2n) is 4.05. The van der Waals surface area contributed by atoms with Crippen molar-refractivity contribution in [1.82, 2.24) is 10.3 Å². The summed E-state index contributed by atoms with van der Waals surface area (Å²) in [5.41, 5.74) is 8.25. The van der Waals surface area contributed by atoms with E-state index in [0.29, 0.717) is 13.0 Å². The Kier molecular flexibility index (Phi) is 5.70. The van der Waals surface area contributed by atoms with Crippen LogP contribution < -0.4 is 11.1 Å². The van der Waals surface area contributed by atoms with Gasteiger partial charge >= 0.3 is 0 Å². The van der Waals surface area contributed by atoms with E-state index < -0.39 is 15.9 Å². The van der Waals surface area contributed by atoms with Crippen molar-refractivity contribution in [2.45, 2.75) is 18.9 Å². The van der Waals surface area contributed by atoms with Gasteiger partial charge in [0.1, 0.15) is 9.84 Å². The van der Waals surface area contributed by atoms with Crippen molar-refractivity contribution in [3.05, 3.63) is 16.6 Å². The van der Waals surface area contributed by atoms with E-state index in [2.05, 4.69) is 10.3 Å². The fraction of sp³-hybridized carbons (Fsp3) is 0.600. The minimum absolute atomic E-state index is 0.0757. The number of aromatic nitrogens is 1. The standard InChI is InChI=1S/C10H17N3O3S2/c1-18(15,16)5-3-9(11)10(14)12-4-2-8-6-17-7-13-8/h6-7,9H,2-5,11H2,1H3,(H,12,14). The van der Waals surface area contributed by atoms with Gasteiger partial charge in [0.2, 0.25) is 5.91 Å². The molecule has 0 aromatic carbocycles. The van der Waals surface area contributed by atoms with Crippen molar-refractivity contribution in [1.29, 1.82) is 0 Å². The number of sulfone groups is 1. The van der Waals surface area contributed by atoms with Gasteiger partial charge < -0.3 is 11.1 Å². The summed E-state index contributed by atoms with van der Waals surface area (Å²) in [5.74, 6) is -0.401. The fourth-order valence-corrected chi connectivity index (χ4v) is 2.55. The van der Waals surface area contributed by atoms with Gasteiger partial charge in [-0.2, -0.15) is 0 Å². The summed E-state index contributed by atoms with van der Waals surface area (Å²) in [6.07, 6.45) is 1.91. The summed E-state index contributed by atoms with van der Waals surface area (Å²) in [6, 6.07) is -0.782. The molecule has 0 aliphatic carbocycles. The maximum absolute atomic E-state index is 11.5. The molecule has 1 aromatic heterocycles. The molecule has 1 heterocycles. The molecule has 3 N–H and O–H groups in total. The van der Waals surface area contributed by atoms with Crippen molar-refractivity contribution in [3.63, 3.8) is 0 Å². The molecule has 0 saturated carbocycles. The number of hydrogen-bond donors (Lipinski definition) is 2. The molecule has 1 atom stereocenters. The molecule has 1 aromatic rings. The molecule has 18 heavy (non-hydrogen) atoms. The van der Waals surface area contributed by atoms with E-state index in [1.54, 1.807) is 5.51 Å². The number of hydrogen-bond acceptors (Lipinski definition) is 6. The van der Waals surface area contributed by atoms with Gasteiger partial charge in [-0.15, -0.1) is 11.3 Å². The van der Waals surface area contributed by atoms with Crippen molar-refractivity contribution < 1.29 is 13.2 Å². The second kappa shape index (κ2) is 6.81. The molecule has 0 saturated heterocycles. The molecule has 0 fully saturated rings. The van der Waals surface area contributed by atoms with E-state index in [9.17, 15) is 13.2 Å². The highest BCUT2D eigenvalue weighted by molar-refractivity contribution is 7.90. The van der Waals surface area contributed by atoms with Gasteiger partial charge in [0.25, 0.3) is 0 Å². The van der Waals surface area contributed by atoms with E-state index in [1.165, 1.54) is 11.3 Å². The van der Waals surface area contributed by atoms with Crippen LogP contribution >= 0.6 is 11.3 Å². The number of carbonyl (C=O) groups excluding carboxylic acids is 1. The van der Waals surface area contributed by atoms with Gasteiger partial charge in [0.05, 0.1) is 23.0 Å². The van der Waals surface area contributed by atoms with Gasteiger partial charge in [-0.05, 0) is 6.42 Å². The highest BCUT2D eigenvalue weighted by Crippen LogP contribution is 2.00. The molecule has 1 amide bonds. The number of nitrogens with one attached hydrogen (secondary N) is 1. The van der Waals surface area contributed by atoms with Gasteiger partial charge in [-0.3, -0.25) is 4.79 Å². The van der Waals surface area contributed by atoms with Crippen LogP contribution in [0.3, 0.4) is 0 Å². The predicted octanol–water partition coefficient (Wildman–Crippen LogP) is -0.436. The molecule has 0 radical (unpaired) electrons. The van der Waals surface area contributed by atoms with Crippen LogP contribution in [0.1, 0.15) is 12.1 Å². The highest BCUT2D eigenvalue weighted by atomic mass is 32.2. The Labute approximate surface area is 111 Å². The Morgan fingerprint density at radius 2 is 2.33 bits per heavy atom. The average molecular weight is 291 g/mol. The minimum Gasteiger partial charge on any atom is -0.354 e. The third kappa shape index (κ3) is 6.08. The normalized spacial score (nSPS) is 13.2. The van der Waals surface area contributed by atoms with Gasteiger partial charge in [0, 0.05) is 24.6 Å². The Balaban J connectivity index is 2.23. The molecular weight excluding hydrogens is 274 g/mol. The summed E-state index contributed by atoms with van der Waals surface area (Å²) in [4.78, 5) is 15.6. The number of nitrogens with zero attached hydrogens (tertiary/aromatic N) is 1. The lowest BCUT2D eigenvalue weighted by atomic mass is 10.2. The Morgan fingerprint density at radius 3 is 2.89 bits per heavy atom. The maximum Gasteiger partial charge on any atom is 0.236 e. The Bertz CT molecular complexity index is 471. The van der Waals surface area contributed by atoms with E-state index in [1.807, 2.05) is 5.38 Å². The molecule has 1 rings (SSSR count). The van der Waals surface area contributed by atoms with Crippen molar-refractivity contribution in [2.75, 3.05) is 18.6 Å². The first-order chi connectivity index (χ1) is 8.38. The van der Waals surface area contributed by atoms with Gasteiger partial charge in [-0.1, -0.05) is 0 Å². The molecule has 6 nitrogen and oxygen atoms in total. The molecule has 0 spiro atoms. The van der Waals surface area contributed by atoms with Crippen LogP contribution in [-0.2, 0) is 21.1 Å². The Morgan fingerprint density at radius 1 is 1.61 bits per heavy atom. The lowest BCUT2D eigenvalue weighted by Crippen LogP contribution is -2.42. The molecule has 0 aliphatic rings. The molecule has 1 unspecified atom stereocenters. The average Bonchev–Trinajstić information content (AvgIpc) is 2.77. The molecular formula is C10H17N3O3S2. The molecule has 0 bridgehead atoms. The third-order valence-electron chi connectivity index (χ3n) is 2.30. The topological polar surface area (TPSA) is 102 Å². The number of rotatable bonds is 7. The Hall–Kier alpha value is -0.990. The third-order valence-corrected chi connectivity index (χ3v) is 3.91. The first-order valence-electron chi connectivity index (χ1n) is 5.46. The molecule has 8 heteroatoms. The number of thiazole rings is 1. The zero-order chi connectivity index (χ0) is 13.6. The lowest BCUT2D eigenvalue weighted by molar-refractivity contribution is -0.122. The van der Waals surface area contributed by atoms with Crippen molar-refractivity contribution in [3.8, 4) is 0 Å². The number of nitrogens with two attached hydrogens (primary N) is 1. The van der Waals surface area contributed by atoms with E-state index >= 15 is 0 Å². The maximum atomic E-state index is 11.5. The van der Waals surface area contributed by atoms with Gasteiger partial charge in [0.15, 0.2) is 0 Å². The highest BCUT2D eigenvalue weighted by Gasteiger charge is 2.15. The zero-order valence-corrected chi connectivity index (χ0v) is 11.8. The summed E-state index contributed by atoms with van der Waals surface area (Å²) in [5, 5.41) is 4.58. The van der Waals surface area contributed by atoms with Gasteiger partial charge in [-0.25, -0.2) is 13.4 Å². The minimum atomic E-state index is -3.08. The number of carbonyl (C=O) groups is 1. The number of amides is 1. The summed E-state index contributed by atoms with van der Waals surface area (Å²) < 4.78 is 21.9. The van der Waals surface area contributed by atoms with Crippen LogP contribution in [0.2, 0.25) is 0 Å². The van der Waals surface area contributed by atoms with E-state index in [-0.39, 0.29) is 18.1 Å². The predicted molar refractivity (Wildman–Crippen MR) is 71.1 cm³/mol. The first-order valence-corrected chi connectivity index (χ1v) is 8.47. The summed E-state index contributed by atoms with van der Waals surface area (Å²) >= 11 is 1.50. The largest absolute Gasteiger partial charge is 0.354 e. The fourth-order valence-electron chi connectivity index (χ4n) is 1.28. The lowest BCUT2D eigenvalue weighted by Gasteiger charge is -2.11. The van der Waals surface area contributed by atoms with Crippen molar-refractivity contribution in [2.24, 2.45) is 5.73 Å². The molecule has 102 valence electrons. The summed E-state index contributed by atoms with van der Waals surface area (Å²) in [7, 11) is -3.08. The SMILES string of the molecule is CS(=O)(=O)CCC(N)C(=O)NCCc1cscn1. The second-order valence-corrected chi connectivity index (χ2v) is 7.02. The van der Waals surface area contributed by atoms with Crippen LogP contribution in [0.25, 0.3) is 0 Å². The first kappa shape index (κ1) is 15.1. The quantitative estimate of drug-likeness (QED) is 0.709. The van der Waals surface area contributed by atoms with Crippen molar-refractivity contribution >= 4 is 27.1 Å². The zero-order valence-electron chi connectivity index (χ0n) is 10.1.